The Morgan fingerprint density at radius 1 is 1.17 bits per heavy atom. The summed E-state index contributed by atoms with van der Waals surface area (Å²) < 4.78 is 0. The molecule has 1 aliphatic rings. The number of para-hydroxylation sites is 1. The van der Waals surface area contributed by atoms with Gasteiger partial charge in [-0.25, -0.2) is 0 Å². The molecule has 5 heteroatoms. The minimum Gasteiger partial charge on any atom is -0.361 e. The van der Waals surface area contributed by atoms with Gasteiger partial charge in [-0.3, -0.25) is 9.59 Å². The molecule has 0 spiro atoms. The highest BCUT2D eigenvalue weighted by molar-refractivity contribution is 5.85. The molecule has 1 aromatic heterocycles. The van der Waals surface area contributed by atoms with E-state index < -0.39 is 0 Å². The summed E-state index contributed by atoms with van der Waals surface area (Å²) in [5, 5.41) is 3.96. The fourth-order valence-corrected chi connectivity index (χ4v) is 3.12. The summed E-state index contributed by atoms with van der Waals surface area (Å²) in [6.07, 6.45) is 6.25. The molecule has 1 saturated heterocycles. The van der Waals surface area contributed by atoms with Crippen molar-refractivity contribution < 1.29 is 9.59 Å². The molecular formula is C18H23N3O2. The molecule has 0 radical (unpaired) electrons. The number of amides is 2. The highest BCUT2D eigenvalue weighted by atomic mass is 16.2. The molecule has 5 nitrogen and oxygen atoms in total. The molecular weight excluding hydrogens is 290 g/mol. The van der Waals surface area contributed by atoms with Crippen LogP contribution in [0.5, 0.6) is 0 Å². The largest absolute Gasteiger partial charge is 0.361 e. The Labute approximate surface area is 136 Å². The lowest BCUT2D eigenvalue weighted by Crippen LogP contribution is -2.38. The highest BCUT2D eigenvalue weighted by Gasteiger charge is 2.17. The summed E-state index contributed by atoms with van der Waals surface area (Å²) in [5.74, 6) is -0.00938. The number of aromatic nitrogens is 1. The Balaban J connectivity index is 1.40. The molecule has 3 rings (SSSR count). The Hall–Kier alpha value is -2.30. The number of hydrogen-bond donors (Lipinski definition) is 2. The first-order chi connectivity index (χ1) is 11.2. The van der Waals surface area contributed by atoms with Gasteiger partial charge in [0.25, 0.3) is 0 Å². The van der Waals surface area contributed by atoms with Gasteiger partial charge in [0, 0.05) is 36.6 Å². The van der Waals surface area contributed by atoms with Crippen LogP contribution in [0.25, 0.3) is 10.9 Å². The molecule has 1 aromatic carbocycles. The van der Waals surface area contributed by atoms with Gasteiger partial charge in [-0.15, -0.1) is 0 Å². The number of benzene rings is 1. The van der Waals surface area contributed by atoms with Crippen molar-refractivity contribution in [2.45, 2.75) is 32.1 Å². The molecule has 2 N–H and O–H groups in total. The molecule has 1 fully saturated rings. The van der Waals surface area contributed by atoms with E-state index in [-0.39, 0.29) is 18.4 Å². The Kier molecular flexibility index (Phi) is 4.95. The number of fused-ring (bicyclic) bond motifs is 1. The van der Waals surface area contributed by atoms with Crippen LogP contribution in [0.3, 0.4) is 0 Å². The molecule has 2 amide bonds. The van der Waals surface area contributed by atoms with Crippen molar-refractivity contribution in [1.29, 1.82) is 0 Å². The third kappa shape index (κ3) is 3.92. The third-order valence-corrected chi connectivity index (χ3v) is 4.42. The second kappa shape index (κ2) is 7.31. The van der Waals surface area contributed by atoms with E-state index >= 15 is 0 Å². The van der Waals surface area contributed by atoms with Crippen LogP contribution in [0.15, 0.2) is 30.5 Å². The monoisotopic (exact) mass is 313 g/mol. The zero-order valence-electron chi connectivity index (χ0n) is 13.3. The van der Waals surface area contributed by atoms with Crippen molar-refractivity contribution in [2.75, 3.05) is 19.6 Å². The lowest BCUT2D eigenvalue weighted by Gasteiger charge is -2.15. The molecule has 0 aliphatic carbocycles. The summed E-state index contributed by atoms with van der Waals surface area (Å²) in [7, 11) is 0. The molecule has 0 saturated carbocycles. The summed E-state index contributed by atoms with van der Waals surface area (Å²) in [4.78, 5) is 28.8. The summed E-state index contributed by atoms with van der Waals surface area (Å²) in [6.45, 7) is 1.79. The molecule has 2 heterocycles. The molecule has 0 atom stereocenters. The van der Waals surface area contributed by atoms with Gasteiger partial charge in [-0.1, -0.05) is 18.2 Å². The van der Waals surface area contributed by atoms with Gasteiger partial charge in [0.1, 0.15) is 0 Å². The van der Waals surface area contributed by atoms with E-state index in [1.165, 1.54) is 10.9 Å². The Morgan fingerprint density at radius 3 is 2.78 bits per heavy atom. The van der Waals surface area contributed by atoms with Crippen LogP contribution in [0, 0.1) is 0 Å². The van der Waals surface area contributed by atoms with Crippen LogP contribution in [0.2, 0.25) is 0 Å². The molecule has 2 aromatic rings. The second-order valence-corrected chi connectivity index (χ2v) is 6.08. The zero-order valence-corrected chi connectivity index (χ0v) is 13.3. The van der Waals surface area contributed by atoms with Gasteiger partial charge >= 0.3 is 0 Å². The van der Waals surface area contributed by atoms with E-state index in [1.54, 1.807) is 0 Å². The smallest absolute Gasteiger partial charge is 0.241 e. The first kappa shape index (κ1) is 15.6. The van der Waals surface area contributed by atoms with Crippen LogP contribution < -0.4 is 5.32 Å². The van der Waals surface area contributed by atoms with E-state index in [1.807, 2.05) is 23.2 Å². The molecule has 122 valence electrons. The van der Waals surface area contributed by atoms with Crippen molar-refractivity contribution in [3.8, 4) is 0 Å². The summed E-state index contributed by atoms with van der Waals surface area (Å²) >= 11 is 0. The number of nitrogens with one attached hydrogen (secondary N) is 2. The molecule has 1 aliphatic heterocycles. The minimum absolute atomic E-state index is 0.0347. The van der Waals surface area contributed by atoms with E-state index in [2.05, 4.69) is 22.4 Å². The molecule has 0 bridgehead atoms. The van der Waals surface area contributed by atoms with E-state index in [0.717, 1.165) is 44.3 Å². The normalized spacial score (nSPS) is 14.3. The SMILES string of the molecule is O=C(CCCc1c[nH]c2ccccc12)NCC(=O)N1CCCC1. The summed E-state index contributed by atoms with van der Waals surface area (Å²) in [5.41, 5.74) is 2.37. The summed E-state index contributed by atoms with van der Waals surface area (Å²) in [6, 6.07) is 8.18. The second-order valence-electron chi connectivity index (χ2n) is 6.08. The molecule has 0 unspecified atom stereocenters. The van der Waals surface area contributed by atoms with Crippen LogP contribution in [-0.2, 0) is 16.0 Å². The lowest BCUT2D eigenvalue weighted by atomic mass is 10.1. The molecule has 23 heavy (non-hydrogen) atoms. The predicted molar refractivity (Wildman–Crippen MR) is 90.1 cm³/mol. The van der Waals surface area contributed by atoms with Crippen molar-refractivity contribution in [3.05, 3.63) is 36.0 Å². The van der Waals surface area contributed by atoms with Crippen LogP contribution in [0.4, 0.5) is 0 Å². The average molecular weight is 313 g/mol. The number of likely N-dealkylation sites (tertiary alicyclic amines) is 1. The van der Waals surface area contributed by atoms with E-state index in [9.17, 15) is 9.59 Å². The van der Waals surface area contributed by atoms with E-state index in [0.29, 0.717) is 6.42 Å². The standard InChI is InChI=1S/C18H23N3O2/c22-17(20-13-18(23)21-10-3-4-11-21)9-5-6-14-12-19-16-8-2-1-7-15(14)16/h1-2,7-8,12,19H,3-6,9-11,13H2,(H,20,22). The van der Waals surface area contributed by atoms with Gasteiger partial charge in [0.15, 0.2) is 0 Å². The van der Waals surface area contributed by atoms with Crippen LogP contribution in [-0.4, -0.2) is 41.3 Å². The topological polar surface area (TPSA) is 65.2 Å². The maximum atomic E-state index is 11.9. The third-order valence-electron chi connectivity index (χ3n) is 4.42. The maximum Gasteiger partial charge on any atom is 0.241 e. The quantitative estimate of drug-likeness (QED) is 0.859. The fraction of sp³-hybridized carbons (Fsp3) is 0.444. The highest BCUT2D eigenvalue weighted by Crippen LogP contribution is 2.19. The van der Waals surface area contributed by atoms with Gasteiger partial charge in [0.05, 0.1) is 6.54 Å². The van der Waals surface area contributed by atoms with Crippen molar-refractivity contribution in [2.24, 2.45) is 0 Å². The fourth-order valence-electron chi connectivity index (χ4n) is 3.12. The minimum atomic E-state index is -0.0441. The van der Waals surface area contributed by atoms with E-state index in [4.69, 9.17) is 0 Å². The number of rotatable bonds is 6. The maximum absolute atomic E-state index is 11.9. The van der Waals surface area contributed by atoms with Gasteiger partial charge in [-0.05, 0) is 37.3 Å². The first-order valence-corrected chi connectivity index (χ1v) is 8.33. The number of hydrogen-bond acceptors (Lipinski definition) is 2. The first-order valence-electron chi connectivity index (χ1n) is 8.33. The van der Waals surface area contributed by atoms with Gasteiger partial charge < -0.3 is 15.2 Å². The van der Waals surface area contributed by atoms with Crippen molar-refractivity contribution in [3.63, 3.8) is 0 Å². The lowest BCUT2D eigenvalue weighted by molar-refractivity contribution is -0.132. The number of carbonyl (C=O) groups excluding carboxylic acids is 2. The van der Waals surface area contributed by atoms with Crippen molar-refractivity contribution in [1.82, 2.24) is 15.2 Å². The number of aryl methyl sites for hydroxylation is 1. The Morgan fingerprint density at radius 2 is 1.96 bits per heavy atom. The Bertz CT molecular complexity index is 686. The zero-order chi connectivity index (χ0) is 16.1. The number of nitrogens with zero attached hydrogens (tertiary/aromatic N) is 1. The van der Waals surface area contributed by atoms with Crippen LogP contribution >= 0.6 is 0 Å². The van der Waals surface area contributed by atoms with Crippen LogP contribution in [0.1, 0.15) is 31.2 Å². The average Bonchev–Trinajstić information content (AvgIpc) is 3.23. The number of aromatic amines is 1. The van der Waals surface area contributed by atoms with Gasteiger partial charge in [0.2, 0.25) is 11.8 Å². The van der Waals surface area contributed by atoms with Crippen molar-refractivity contribution >= 4 is 22.7 Å². The number of carbonyl (C=O) groups is 2. The van der Waals surface area contributed by atoms with Gasteiger partial charge in [-0.2, -0.15) is 0 Å². The predicted octanol–water partition coefficient (Wildman–Crippen LogP) is 2.23. The number of H-pyrrole nitrogens is 1.